The molecule has 0 radical (unpaired) electrons. The highest BCUT2D eigenvalue weighted by atomic mass is 16.5. The Bertz CT molecular complexity index is 1060. The lowest BCUT2D eigenvalue weighted by atomic mass is 9.99. The fourth-order valence-electron chi connectivity index (χ4n) is 3.59. The molecule has 0 fully saturated rings. The Balaban J connectivity index is 1.56. The van der Waals surface area contributed by atoms with E-state index in [1.807, 2.05) is 0 Å². The Labute approximate surface area is 197 Å². The number of rotatable bonds is 10. The van der Waals surface area contributed by atoms with E-state index in [9.17, 15) is 19.5 Å². The summed E-state index contributed by atoms with van der Waals surface area (Å²) in [5.74, 6) is 0.283. The van der Waals surface area contributed by atoms with E-state index in [0.29, 0.717) is 41.3 Å². The smallest absolute Gasteiger partial charge is 0.308 e. The molecular weight excluding hydrogens is 442 g/mol. The number of carbonyl (C=O) groups is 3. The van der Waals surface area contributed by atoms with Gasteiger partial charge < -0.3 is 30.0 Å². The number of esters is 1. The zero-order chi connectivity index (χ0) is 24.8. The molecule has 2 unspecified atom stereocenters. The van der Waals surface area contributed by atoms with Gasteiger partial charge in [-0.25, -0.2) is 0 Å². The van der Waals surface area contributed by atoms with Crippen molar-refractivity contribution < 1.29 is 33.7 Å². The number of aliphatic hydroxyl groups is 1. The lowest BCUT2D eigenvalue weighted by Gasteiger charge is -2.29. The predicted molar refractivity (Wildman–Crippen MR) is 124 cm³/mol. The van der Waals surface area contributed by atoms with Crippen molar-refractivity contribution in [2.45, 2.75) is 39.0 Å². The second-order valence-corrected chi connectivity index (χ2v) is 7.96. The van der Waals surface area contributed by atoms with Gasteiger partial charge in [-0.3, -0.25) is 19.7 Å². The summed E-state index contributed by atoms with van der Waals surface area (Å²) in [7, 11) is 1.62. The zero-order valence-electron chi connectivity index (χ0n) is 19.4. The first kappa shape index (κ1) is 25.0. The summed E-state index contributed by atoms with van der Waals surface area (Å²) in [4.78, 5) is 36.2. The van der Waals surface area contributed by atoms with Gasteiger partial charge in [0.25, 0.3) is 0 Å². The summed E-state index contributed by atoms with van der Waals surface area (Å²) in [5, 5.41) is 13.4. The van der Waals surface area contributed by atoms with Crippen molar-refractivity contribution in [3.63, 3.8) is 0 Å². The van der Waals surface area contributed by atoms with Crippen molar-refractivity contribution >= 4 is 23.5 Å². The van der Waals surface area contributed by atoms with Crippen LogP contribution in [0.2, 0.25) is 0 Å². The standard InChI is InChI=1S/C24H29N3O7/c1-14(33-18-6-4-16(5-7-18)24(25)31)26-12-17(29)13-32-20-9-10-21(34-15(2)28)23-19(20)8-11-22(30)27(23)3/h4-7,9-10,14,17,26,29H,8,11-13H2,1-3H3,(H2,25,31). The van der Waals surface area contributed by atoms with Crippen LogP contribution in [0.4, 0.5) is 5.69 Å². The van der Waals surface area contributed by atoms with Gasteiger partial charge in [-0.15, -0.1) is 0 Å². The summed E-state index contributed by atoms with van der Waals surface area (Å²) in [5.41, 5.74) is 6.86. The Morgan fingerprint density at radius 3 is 2.47 bits per heavy atom. The molecule has 2 atom stereocenters. The minimum Gasteiger partial charge on any atom is -0.490 e. The fourth-order valence-corrected chi connectivity index (χ4v) is 3.59. The average molecular weight is 472 g/mol. The highest BCUT2D eigenvalue weighted by Crippen LogP contribution is 2.41. The van der Waals surface area contributed by atoms with Gasteiger partial charge in [0, 0.05) is 38.1 Å². The third-order valence-corrected chi connectivity index (χ3v) is 5.28. The van der Waals surface area contributed by atoms with Crippen LogP contribution in [0.5, 0.6) is 17.2 Å². The molecule has 0 bridgehead atoms. The topological polar surface area (TPSA) is 140 Å². The lowest BCUT2D eigenvalue weighted by molar-refractivity contribution is -0.132. The molecule has 0 aromatic heterocycles. The molecule has 0 aliphatic carbocycles. The highest BCUT2D eigenvalue weighted by molar-refractivity contribution is 5.98. The van der Waals surface area contributed by atoms with Crippen LogP contribution < -0.4 is 30.2 Å². The first-order valence-electron chi connectivity index (χ1n) is 10.9. The number of hydrogen-bond acceptors (Lipinski definition) is 8. The molecule has 0 saturated carbocycles. The van der Waals surface area contributed by atoms with Crippen LogP contribution in [0.1, 0.15) is 36.2 Å². The predicted octanol–water partition coefficient (Wildman–Crippen LogP) is 1.37. The van der Waals surface area contributed by atoms with Crippen LogP contribution >= 0.6 is 0 Å². The molecule has 0 saturated heterocycles. The molecule has 3 rings (SSSR count). The first-order chi connectivity index (χ1) is 16.2. The summed E-state index contributed by atoms with van der Waals surface area (Å²) in [6, 6.07) is 9.68. The number of carbonyl (C=O) groups excluding carboxylic acids is 3. The summed E-state index contributed by atoms with van der Waals surface area (Å²) < 4.78 is 16.8. The van der Waals surface area contributed by atoms with E-state index in [1.54, 1.807) is 50.4 Å². The van der Waals surface area contributed by atoms with Crippen molar-refractivity contribution in [1.29, 1.82) is 0 Å². The molecule has 1 aliphatic heterocycles. The Morgan fingerprint density at radius 1 is 1.15 bits per heavy atom. The molecule has 1 heterocycles. The maximum atomic E-state index is 12.2. The van der Waals surface area contributed by atoms with Crippen LogP contribution in [0.15, 0.2) is 36.4 Å². The van der Waals surface area contributed by atoms with E-state index in [2.05, 4.69) is 5.32 Å². The van der Waals surface area contributed by atoms with Gasteiger partial charge in [-0.1, -0.05) is 0 Å². The largest absolute Gasteiger partial charge is 0.490 e. The third kappa shape index (κ3) is 6.24. The number of amides is 2. The van der Waals surface area contributed by atoms with Crippen LogP contribution in [0.3, 0.4) is 0 Å². The molecule has 2 amide bonds. The highest BCUT2D eigenvalue weighted by Gasteiger charge is 2.28. The van der Waals surface area contributed by atoms with Gasteiger partial charge >= 0.3 is 5.97 Å². The third-order valence-electron chi connectivity index (χ3n) is 5.28. The van der Waals surface area contributed by atoms with Gasteiger partial charge in [-0.2, -0.15) is 0 Å². The van der Waals surface area contributed by atoms with Crippen molar-refractivity contribution in [2.75, 3.05) is 25.1 Å². The molecular formula is C24H29N3O7. The normalized spacial score (nSPS) is 14.7. The molecule has 182 valence electrons. The van der Waals surface area contributed by atoms with Crippen LogP contribution in [0, 0.1) is 0 Å². The number of hydrogen-bond donors (Lipinski definition) is 3. The molecule has 1 aliphatic rings. The first-order valence-corrected chi connectivity index (χ1v) is 10.9. The van der Waals surface area contributed by atoms with E-state index < -0.39 is 24.2 Å². The molecule has 4 N–H and O–H groups in total. The maximum Gasteiger partial charge on any atom is 0.308 e. The molecule has 0 spiro atoms. The van der Waals surface area contributed by atoms with Gasteiger partial charge in [0.05, 0.1) is 5.69 Å². The summed E-state index contributed by atoms with van der Waals surface area (Å²) in [6.07, 6.45) is -0.501. The van der Waals surface area contributed by atoms with E-state index in [0.717, 1.165) is 5.56 Å². The number of nitrogens with one attached hydrogen (secondary N) is 1. The monoisotopic (exact) mass is 471 g/mol. The Hall–Kier alpha value is -3.63. The van der Waals surface area contributed by atoms with E-state index in [-0.39, 0.29) is 19.1 Å². The Kier molecular flexibility index (Phi) is 8.08. The number of ether oxygens (including phenoxy) is 3. The van der Waals surface area contributed by atoms with Gasteiger partial charge in [-0.05, 0) is 49.7 Å². The number of nitrogens with two attached hydrogens (primary N) is 1. The lowest BCUT2D eigenvalue weighted by Crippen LogP contribution is -2.39. The number of aliphatic hydroxyl groups excluding tert-OH is 1. The second kappa shape index (κ2) is 11.0. The minimum absolute atomic E-state index is 0.00401. The van der Waals surface area contributed by atoms with E-state index in [1.165, 1.54) is 11.8 Å². The van der Waals surface area contributed by atoms with Crippen LogP contribution in [-0.2, 0) is 16.0 Å². The van der Waals surface area contributed by atoms with Crippen LogP contribution in [0.25, 0.3) is 0 Å². The molecule has 34 heavy (non-hydrogen) atoms. The molecule has 10 heteroatoms. The van der Waals surface area contributed by atoms with Crippen LogP contribution in [-0.4, -0.2) is 55.4 Å². The van der Waals surface area contributed by atoms with Crippen molar-refractivity contribution in [1.82, 2.24) is 5.32 Å². The molecule has 2 aromatic carbocycles. The quantitative estimate of drug-likeness (QED) is 0.268. The van der Waals surface area contributed by atoms with E-state index in [4.69, 9.17) is 19.9 Å². The van der Waals surface area contributed by atoms with Gasteiger partial charge in [0.1, 0.15) is 30.4 Å². The summed E-state index contributed by atoms with van der Waals surface area (Å²) >= 11 is 0. The number of primary amides is 1. The number of anilines is 1. The van der Waals surface area contributed by atoms with Gasteiger partial charge in [0.15, 0.2) is 5.75 Å². The van der Waals surface area contributed by atoms with Crippen molar-refractivity contribution in [2.24, 2.45) is 5.73 Å². The van der Waals surface area contributed by atoms with E-state index >= 15 is 0 Å². The molecule has 2 aromatic rings. The maximum absolute atomic E-state index is 12.2. The Morgan fingerprint density at radius 2 is 1.82 bits per heavy atom. The van der Waals surface area contributed by atoms with Crippen molar-refractivity contribution in [3.8, 4) is 17.2 Å². The zero-order valence-corrected chi connectivity index (χ0v) is 19.4. The SMILES string of the molecule is CC(=O)Oc1ccc(OCC(O)CNC(C)Oc2ccc(C(N)=O)cc2)c2c1N(C)C(=O)CC2. The molecule has 10 nitrogen and oxygen atoms in total. The second-order valence-electron chi connectivity index (χ2n) is 7.96. The van der Waals surface area contributed by atoms with Crippen molar-refractivity contribution in [3.05, 3.63) is 47.5 Å². The fraction of sp³-hybridized carbons (Fsp3) is 0.375. The number of fused-ring (bicyclic) bond motifs is 1. The average Bonchev–Trinajstić information content (AvgIpc) is 2.79. The minimum atomic E-state index is -0.838. The number of benzene rings is 2. The number of nitrogens with zero attached hydrogens (tertiary/aromatic N) is 1. The van der Waals surface area contributed by atoms with Gasteiger partial charge in [0.2, 0.25) is 11.8 Å². The summed E-state index contributed by atoms with van der Waals surface area (Å²) in [6.45, 7) is 3.29.